The van der Waals surface area contributed by atoms with Gasteiger partial charge in [-0.1, -0.05) is 150 Å². The topological polar surface area (TPSA) is 110 Å². The second kappa shape index (κ2) is 21.1. The summed E-state index contributed by atoms with van der Waals surface area (Å²) in [6, 6.07) is 85.3. The van der Waals surface area contributed by atoms with Crippen LogP contribution in [0.3, 0.4) is 0 Å². The van der Waals surface area contributed by atoms with Gasteiger partial charge in [-0.25, -0.2) is 9.97 Å². The van der Waals surface area contributed by atoms with Crippen molar-refractivity contribution in [3.8, 4) is 90.6 Å². The van der Waals surface area contributed by atoms with Crippen LogP contribution in [0.1, 0.15) is 68.3 Å². The van der Waals surface area contributed by atoms with Crippen LogP contribution >= 0.6 is 0 Å². The zero-order valence-electron chi connectivity index (χ0n) is 49.9. The van der Waals surface area contributed by atoms with Gasteiger partial charge in [0.1, 0.15) is 0 Å². The van der Waals surface area contributed by atoms with Crippen LogP contribution in [-0.4, -0.2) is 30.4 Å². The van der Waals surface area contributed by atoms with E-state index < -0.39 is 0 Å². The third-order valence-electron chi connectivity index (χ3n) is 18.1. The normalized spacial score (nSPS) is 14.6. The Labute approximate surface area is 517 Å². The summed E-state index contributed by atoms with van der Waals surface area (Å²) in [6.07, 6.45) is 5.26. The van der Waals surface area contributed by atoms with Crippen LogP contribution in [-0.2, 0) is 17.3 Å². The number of hydrogen-bond acceptors (Lipinski definition) is 10. The number of para-hydroxylation sites is 2. The minimum absolute atomic E-state index is 0.347. The van der Waals surface area contributed by atoms with E-state index in [4.69, 9.17) is 18.8 Å². The van der Waals surface area contributed by atoms with E-state index in [-0.39, 0.29) is 10.8 Å². The number of nitrogens with zero attached hydrogens (tertiary/aromatic N) is 8. The van der Waals surface area contributed by atoms with E-state index in [9.17, 15) is 0 Å². The highest BCUT2D eigenvalue weighted by Crippen LogP contribution is 2.54. The highest BCUT2D eigenvalue weighted by atomic mass is 16.4. The molecule has 0 spiro atoms. The molecule has 3 aliphatic carbocycles. The van der Waals surface area contributed by atoms with Crippen LogP contribution in [0.15, 0.2) is 258 Å². The van der Waals surface area contributed by atoms with Crippen LogP contribution in [0.4, 0.5) is 34.1 Å². The number of aromatic nitrogens is 6. The summed E-state index contributed by atoms with van der Waals surface area (Å²) in [5, 5.41) is 17.5. The first-order chi connectivity index (χ1) is 43.5. The molecule has 16 rings (SSSR count). The zero-order chi connectivity index (χ0) is 60.0. The molecule has 10 heteroatoms. The third kappa shape index (κ3) is 9.26. The van der Waals surface area contributed by atoms with Gasteiger partial charge in [0.15, 0.2) is 0 Å². The summed E-state index contributed by atoms with van der Waals surface area (Å²) in [5.41, 5.74) is 24.8. The third-order valence-corrected chi connectivity index (χ3v) is 18.1. The Kier molecular flexibility index (Phi) is 12.7. The van der Waals surface area contributed by atoms with Crippen LogP contribution < -0.4 is 9.80 Å². The van der Waals surface area contributed by atoms with Crippen molar-refractivity contribution in [3.05, 3.63) is 282 Å². The summed E-state index contributed by atoms with van der Waals surface area (Å²) in [5.74, 6) is 2.29. The van der Waals surface area contributed by atoms with E-state index in [1.807, 2.05) is 60.7 Å². The quantitative estimate of drug-likeness (QED) is 0.117. The summed E-state index contributed by atoms with van der Waals surface area (Å²) < 4.78 is 12.3. The Morgan fingerprint density at radius 1 is 0.348 bits per heavy atom. The number of hydrogen-bond donors (Lipinski definition) is 0. The van der Waals surface area contributed by atoms with Gasteiger partial charge in [-0.15, -0.1) is 20.4 Å². The molecule has 3 heterocycles. The van der Waals surface area contributed by atoms with Gasteiger partial charge in [0.2, 0.25) is 23.6 Å². The first-order valence-corrected chi connectivity index (χ1v) is 30.4. The Hall–Kier alpha value is -11.1. The van der Waals surface area contributed by atoms with Crippen molar-refractivity contribution in [1.29, 1.82) is 0 Å². The fourth-order valence-electron chi connectivity index (χ4n) is 13.5. The molecule has 1 atom stereocenters. The molecule has 0 amide bonds. The Morgan fingerprint density at radius 2 is 0.674 bits per heavy atom. The van der Waals surface area contributed by atoms with Gasteiger partial charge in [-0.3, -0.25) is 0 Å². The van der Waals surface area contributed by atoms with Crippen LogP contribution in [0, 0.1) is 5.92 Å². The Bertz CT molecular complexity index is 4880. The molecule has 0 unspecified atom stereocenters. The average molecular weight is 1150 g/mol. The molecule has 0 saturated carbocycles. The van der Waals surface area contributed by atoms with Gasteiger partial charge in [-0.05, 0) is 196 Å². The Balaban J connectivity index is 0.724. The molecular weight excluding hydrogens is 1090 g/mol. The summed E-state index contributed by atoms with van der Waals surface area (Å²) in [7, 11) is 0. The molecule has 0 bridgehead atoms. The predicted octanol–water partition coefficient (Wildman–Crippen LogP) is 20.0. The smallest absolute Gasteiger partial charge is 0.248 e. The number of rotatable bonds is 12. The van der Waals surface area contributed by atoms with Crippen LogP contribution in [0.25, 0.3) is 96.7 Å². The SMILES string of the molecule is C[C@H]1C=Cc2nc(-c3ccc4c(c3)C(C)(C)c3cc(N(c5ccccc5)c5ccc(-c6nnc(-c7ccccc7)o6)cc5)ccc3-4)c(-c3ccc4c(c3)C(C)(C)c3cc(N(c5ccccc5)c5ccc(-c6nnc(-c7ccccc7)o6)cc5)ccc3-4)nc2C1. The lowest BCUT2D eigenvalue weighted by Gasteiger charge is -2.28. The second-order valence-electron chi connectivity index (χ2n) is 24.5. The van der Waals surface area contributed by atoms with Gasteiger partial charge >= 0.3 is 0 Å². The van der Waals surface area contributed by atoms with E-state index in [0.717, 1.165) is 96.7 Å². The minimum atomic E-state index is -0.349. The van der Waals surface area contributed by atoms with E-state index in [1.54, 1.807) is 0 Å². The molecule has 0 N–H and O–H groups in total. The van der Waals surface area contributed by atoms with Gasteiger partial charge in [0.25, 0.3) is 0 Å². The zero-order valence-corrected chi connectivity index (χ0v) is 49.9. The predicted molar refractivity (Wildman–Crippen MR) is 357 cm³/mol. The first-order valence-electron chi connectivity index (χ1n) is 30.4. The Morgan fingerprint density at radius 3 is 1.09 bits per heavy atom. The average Bonchev–Trinajstić information content (AvgIpc) is 1.63. The lowest BCUT2D eigenvalue weighted by molar-refractivity contribution is 0.584. The van der Waals surface area contributed by atoms with Gasteiger partial charge < -0.3 is 18.6 Å². The molecule has 428 valence electrons. The maximum Gasteiger partial charge on any atom is 0.248 e. The lowest BCUT2D eigenvalue weighted by atomic mass is 9.81. The number of anilines is 6. The van der Waals surface area contributed by atoms with Gasteiger partial charge in [0.05, 0.1) is 22.8 Å². The summed E-state index contributed by atoms with van der Waals surface area (Å²) >= 11 is 0. The molecule has 10 nitrogen and oxygen atoms in total. The van der Waals surface area contributed by atoms with Crippen molar-refractivity contribution >= 4 is 40.2 Å². The molecule has 3 aliphatic rings. The van der Waals surface area contributed by atoms with Crippen molar-refractivity contribution in [2.75, 3.05) is 9.80 Å². The summed E-state index contributed by atoms with van der Waals surface area (Å²) in [4.78, 5) is 15.8. The molecule has 3 aromatic heterocycles. The van der Waals surface area contributed by atoms with Crippen molar-refractivity contribution < 1.29 is 8.83 Å². The maximum absolute atomic E-state index is 6.16. The number of allylic oxidation sites excluding steroid dienone is 1. The standard InChI is InChI=1S/C79H60N8O2/c1-49-26-43-70-71(44-49)81-73(55-32-40-63-65-42-38-61(48-69(65)79(4,5)67(63)46-55)87(57-24-16-9-17-25-57)59-35-29-53(30-36-59)77-85-83-75(89-77)51-20-12-7-13-21-51)72(80-70)54-31-39-62-64-41-37-60(47-68(64)78(2,3)66(62)45-54)86(56-22-14-8-15-23-56)58-33-27-52(28-34-58)76-84-82-74(88-76)50-18-10-6-11-19-50/h6-43,45-49H,44H2,1-5H3/t49-/m0/s1. The molecule has 0 saturated heterocycles. The van der Waals surface area contributed by atoms with E-state index in [2.05, 4.69) is 259 Å². The minimum Gasteiger partial charge on any atom is -0.416 e. The highest BCUT2D eigenvalue weighted by molar-refractivity contribution is 5.92. The molecule has 0 fully saturated rings. The maximum atomic E-state index is 6.16. The molecular formula is C79H60N8O2. The van der Waals surface area contributed by atoms with Crippen LogP contribution in [0.2, 0.25) is 0 Å². The van der Waals surface area contributed by atoms with Crippen molar-refractivity contribution in [3.63, 3.8) is 0 Å². The molecule has 0 radical (unpaired) electrons. The number of fused-ring (bicyclic) bond motifs is 7. The summed E-state index contributed by atoms with van der Waals surface area (Å²) in [6.45, 7) is 11.7. The monoisotopic (exact) mass is 1150 g/mol. The lowest BCUT2D eigenvalue weighted by Crippen LogP contribution is -2.17. The van der Waals surface area contributed by atoms with Gasteiger partial charge in [-0.2, -0.15) is 0 Å². The van der Waals surface area contributed by atoms with E-state index in [0.29, 0.717) is 29.5 Å². The molecule has 13 aromatic rings. The van der Waals surface area contributed by atoms with Crippen molar-refractivity contribution in [2.45, 2.75) is 51.9 Å². The van der Waals surface area contributed by atoms with Crippen molar-refractivity contribution in [1.82, 2.24) is 30.4 Å². The first kappa shape index (κ1) is 53.4. The second-order valence-corrected chi connectivity index (χ2v) is 24.5. The van der Waals surface area contributed by atoms with E-state index in [1.165, 1.54) is 44.5 Å². The van der Waals surface area contributed by atoms with E-state index >= 15 is 0 Å². The van der Waals surface area contributed by atoms with Crippen LogP contribution in [0.5, 0.6) is 0 Å². The fourth-order valence-corrected chi connectivity index (χ4v) is 13.5. The van der Waals surface area contributed by atoms with Crippen molar-refractivity contribution in [2.24, 2.45) is 5.92 Å². The van der Waals surface area contributed by atoms with Gasteiger partial charge in [0, 0.05) is 78.3 Å². The fraction of sp³-hybridized carbons (Fsp3) is 0.114. The number of benzene rings is 10. The highest BCUT2D eigenvalue weighted by Gasteiger charge is 2.39. The largest absolute Gasteiger partial charge is 0.416 e. The molecule has 0 aliphatic heterocycles. The molecule has 89 heavy (non-hydrogen) atoms. The molecule has 10 aromatic carbocycles.